The molecule has 0 radical (unpaired) electrons. The Kier molecular flexibility index (Phi) is 2.61. The van der Waals surface area contributed by atoms with Gasteiger partial charge in [-0.25, -0.2) is 9.97 Å². The van der Waals surface area contributed by atoms with E-state index in [-0.39, 0.29) is 5.75 Å². The van der Waals surface area contributed by atoms with E-state index < -0.39 is 0 Å². The quantitative estimate of drug-likeness (QED) is 0.723. The molecule has 0 saturated heterocycles. The molecule has 0 saturated carbocycles. The van der Waals surface area contributed by atoms with Gasteiger partial charge in [-0.1, -0.05) is 41.9 Å². The minimum absolute atomic E-state index is 0.00579. The molecule has 18 heavy (non-hydrogen) atoms. The fourth-order valence-corrected chi connectivity index (χ4v) is 2.16. The van der Waals surface area contributed by atoms with Gasteiger partial charge in [-0.2, -0.15) is 0 Å². The number of aromatic nitrogens is 2. The molecule has 0 fully saturated rings. The molecule has 0 unspecified atom stereocenters. The van der Waals surface area contributed by atoms with Gasteiger partial charge in [0.15, 0.2) is 5.75 Å². The van der Waals surface area contributed by atoms with E-state index >= 15 is 0 Å². The molecule has 0 aliphatic heterocycles. The van der Waals surface area contributed by atoms with Gasteiger partial charge in [-0.15, -0.1) is 0 Å². The molecule has 4 heteroatoms. The summed E-state index contributed by atoms with van der Waals surface area (Å²) in [4.78, 5) is 8.09. The molecule has 3 rings (SSSR count). The van der Waals surface area contributed by atoms with Gasteiger partial charge < -0.3 is 5.11 Å². The predicted molar refractivity (Wildman–Crippen MR) is 71.6 cm³/mol. The highest BCUT2D eigenvalue weighted by Gasteiger charge is 2.12. The van der Waals surface area contributed by atoms with Crippen molar-refractivity contribution in [3.8, 4) is 16.9 Å². The van der Waals surface area contributed by atoms with Crippen molar-refractivity contribution in [1.29, 1.82) is 0 Å². The Bertz CT molecular complexity index is 714. The maximum Gasteiger partial charge on any atom is 0.160 e. The molecule has 2 aromatic carbocycles. The highest BCUT2D eigenvalue weighted by Crippen LogP contribution is 2.37. The summed E-state index contributed by atoms with van der Waals surface area (Å²) in [6, 6.07) is 11.5. The fourth-order valence-electron chi connectivity index (χ4n) is 1.96. The largest absolute Gasteiger partial charge is 0.504 e. The van der Waals surface area contributed by atoms with Crippen LogP contribution in [0.15, 0.2) is 48.9 Å². The van der Waals surface area contributed by atoms with E-state index in [4.69, 9.17) is 11.6 Å². The Labute approximate surface area is 109 Å². The molecule has 88 valence electrons. The van der Waals surface area contributed by atoms with Crippen molar-refractivity contribution in [3.63, 3.8) is 0 Å². The zero-order chi connectivity index (χ0) is 12.5. The van der Waals surface area contributed by atoms with Crippen LogP contribution in [-0.2, 0) is 0 Å². The van der Waals surface area contributed by atoms with Crippen LogP contribution >= 0.6 is 11.6 Å². The van der Waals surface area contributed by atoms with E-state index in [1.54, 1.807) is 12.3 Å². The molecule has 0 aliphatic rings. The number of hydrogen-bond donors (Lipinski definition) is 1. The second kappa shape index (κ2) is 4.27. The van der Waals surface area contributed by atoms with E-state index in [1.807, 2.05) is 30.3 Å². The number of nitrogens with zero attached hydrogens (tertiary/aromatic N) is 2. The lowest BCUT2D eigenvalue weighted by molar-refractivity contribution is 0.480. The van der Waals surface area contributed by atoms with E-state index in [0.717, 1.165) is 16.5 Å². The standard InChI is InChI=1S/C14H9ClN2O/c15-12-6-10(9-4-2-1-3-5-9)11-7-16-8-17-13(11)14(12)18/h1-8,18H. The number of benzene rings is 2. The lowest BCUT2D eigenvalue weighted by atomic mass is 10.0. The Hall–Kier alpha value is -2.13. The number of fused-ring (bicyclic) bond motifs is 1. The van der Waals surface area contributed by atoms with Crippen molar-refractivity contribution in [3.05, 3.63) is 53.9 Å². The molecule has 0 bridgehead atoms. The summed E-state index contributed by atoms with van der Waals surface area (Å²) in [7, 11) is 0. The van der Waals surface area contributed by atoms with Gasteiger partial charge >= 0.3 is 0 Å². The first-order valence-corrected chi connectivity index (χ1v) is 5.82. The number of phenolic OH excluding ortho intramolecular Hbond substituents is 1. The Balaban J connectivity index is 2.40. The van der Waals surface area contributed by atoms with Crippen LogP contribution < -0.4 is 0 Å². The van der Waals surface area contributed by atoms with Gasteiger partial charge in [-0.05, 0) is 17.2 Å². The van der Waals surface area contributed by atoms with E-state index in [1.165, 1.54) is 6.33 Å². The summed E-state index contributed by atoms with van der Waals surface area (Å²) in [5, 5.41) is 11.0. The number of halogens is 1. The first kappa shape index (κ1) is 11.0. The second-order valence-corrected chi connectivity index (χ2v) is 4.31. The minimum atomic E-state index is -0.00579. The third-order valence-electron chi connectivity index (χ3n) is 2.81. The van der Waals surface area contributed by atoms with Crippen LogP contribution in [0.2, 0.25) is 5.02 Å². The molecular formula is C14H9ClN2O. The maximum absolute atomic E-state index is 9.91. The predicted octanol–water partition coefficient (Wildman–Crippen LogP) is 3.66. The topological polar surface area (TPSA) is 46.0 Å². The molecular weight excluding hydrogens is 248 g/mol. The number of hydrogen-bond acceptors (Lipinski definition) is 3. The molecule has 1 aromatic heterocycles. The minimum Gasteiger partial charge on any atom is -0.504 e. The molecule has 0 amide bonds. The summed E-state index contributed by atoms with van der Waals surface area (Å²) in [5.41, 5.74) is 2.39. The zero-order valence-corrected chi connectivity index (χ0v) is 10.1. The first-order chi connectivity index (χ1) is 8.77. The Morgan fingerprint density at radius 3 is 2.67 bits per heavy atom. The van der Waals surface area contributed by atoms with Gasteiger partial charge in [0.05, 0.1) is 5.02 Å². The van der Waals surface area contributed by atoms with Crippen LogP contribution in [-0.4, -0.2) is 15.1 Å². The molecule has 3 aromatic rings. The Morgan fingerprint density at radius 1 is 1.11 bits per heavy atom. The summed E-state index contributed by atoms with van der Waals surface area (Å²) in [6.07, 6.45) is 3.08. The normalized spacial score (nSPS) is 10.7. The van der Waals surface area contributed by atoms with Crippen molar-refractivity contribution < 1.29 is 5.11 Å². The van der Waals surface area contributed by atoms with Crippen molar-refractivity contribution in [2.45, 2.75) is 0 Å². The second-order valence-electron chi connectivity index (χ2n) is 3.91. The lowest BCUT2D eigenvalue weighted by Crippen LogP contribution is -1.87. The molecule has 1 N–H and O–H groups in total. The third kappa shape index (κ3) is 1.69. The van der Waals surface area contributed by atoms with Gasteiger partial charge in [-0.3, -0.25) is 0 Å². The third-order valence-corrected chi connectivity index (χ3v) is 3.10. The van der Waals surface area contributed by atoms with E-state index in [2.05, 4.69) is 9.97 Å². The van der Waals surface area contributed by atoms with Crippen LogP contribution in [0, 0.1) is 0 Å². The fraction of sp³-hybridized carbons (Fsp3) is 0. The smallest absolute Gasteiger partial charge is 0.160 e. The summed E-state index contributed by atoms with van der Waals surface area (Å²) in [5.74, 6) is -0.00579. The van der Waals surface area contributed by atoms with Crippen molar-refractivity contribution >= 4 is 22.5 Å². The maximum atomic E-state index is 9.91. The average molecular weight is 257 g/mol. The van der Waals surface area contributed by atoms with Gasteiger partial charge in [0.2, 0.25) is 0 Å². The van der Waals surface area contributed by atoms with E-state index in [0.29, 0.717) is 10.5 Å². The number of phenols is 1. The molecule has 1 heterocycles. The van der Waals surface area contributed by atoms with Crippen LogP contribution in [0.3, 0.4) is 0 Å². The molecule has 0 spiro atoms. The highest BCUT2D eigenvalue weighted by atomic mass is 35.5. The van der Waals surface area contributed by atoms with Crippen molar-refractivity contribution in [2.24, 2.45) is 0 Å². The molecule has 3 nitrogen and oxygen atoms in total. The number of rotatable bonds is 1. The van der Waals surface area contributed by atoms with Crippen LogP contribution in [0.1, 0.15) is 0 Å². The summed E-state index contributed by atoms with van der Waals surface area (Å²) in [6.45, 7) is 0. The van der Waals surface area contributed by atoms with Crippen molar-refractivity contribution in [1.82, 2.24) is 9.97 Å². The Morgan fingerprint density at radius 2 is 1.89 bits per heavy atom. The van der Waals surface area contributed by atoms with Crippen LogP contribution in [0.25, 0.3) is 22.0 Å². The molecule has 0 aliphatic carbocycles. The van der Waals surface area contributed by atoms with Gasteiger partial charge in [0.1, 0.15) is 11.8 Å². The van der Waals surface area contributed by atoms with E-state index in [9.17, 15) is 5.11 Å². The number of aromatic hydroxyl groups is 1. The highest BCUT2D eigenvalue weighted by molar-refractivity contribution is 6.33. The van der Waals surface area contributed by atoms with Crippen molar-refractivity contribution in [2.75, 3.05) is 0 Å². The zero-order valence-electron chi connectivity index (χ0n) is 9.34. The SMILES string of the molecule is Oc1c(Cl)cc(-c2ccccc2)c2cncnc12. The summed E-state index contributed by atoms with van der Waals surface area (Å²) < 4.78 is 0. The lowest BCUT2D eigenvalue weighted by Gasteiger charge is -2.08. The summed E-state index contributed by atoms with van der Waals surface area (Å²) >= 11 is 6.03. The van der Waals surface area contributed by atoms with Crippen LogP contribution in [0.4, 0.5) is 0 Å². The first-order valence-electron chi connectivity index (χ1n) is 5.44. The van der Waals surface area contributed by atoms with Gasteiger partial charge in [0, 0.05) is 11.6 Å². The van der Waals surface area contributed by atoms with Gasteiger partial charge in [0.25, 0.3) is 0 Å². The monoisotopic (exact) mass is 256 g/mol. The average Bonchev–Trinajstić information content (AvgIpc) is 2.44. The molecule has 0 atom stereocenters. The van der Waals surface area contributed by atoms with Crippen LogP contribution in [0.5, 0.6) is 5.75 Å².